The normalized spacial score (nSPS) is 15.5. The molecular weight excluding hydrogens is 356 g/mol. The number of nitro benzene ring substituents is 1. The number of ether oxygens (including phenoxy) is 1. The van der Waals surface area contributed by atoms with Crippen molar-refractivity contribution in [3.05, 3.63) is 64.2 Å². The number of hydrogen-bond donors (Lipinski definition) is 0. The molecule has 26 heavy (non-hydrogen) atoms. The average molecular weight is 376 g/mol. The van der Waals surface area contributed by atoms with Gasteiger partial charge < -0.3 is 4.74 Å². The minimum absolute atomic E-state index is 0.0287. The molecule has 0 aliphatic carbocycles. The molecule has 0 unspecified atom stereocenters. The Bertz CT molecular complexity index is 857. The maximum Gasteiger partial charge on any atom is 0.269 e. The molecule has 3 rings (SSSR count). The molecule has 1 heterocycles. The van der Waals surface area contributed by atoms with Gasteiger partial charge in [-0.15, -0.1) is 0 Å². The van der Waals surface area contributed by atoms with Gasteiger partial charge in [0, 0.05) is 25.2 Å². The van der Waals surface area contributed by atoms with Gasteiger partial charge in [0.2, 0.25) is 10.0 Å². The Morgan fingerprint density at radius 2 is 1.58 bits per heavy atom. The fourth-order valence-electron chi connectivity index (χ4n) is 2.84. The van der Waals surface area contributed by atoms with Crippen LogP contribution in [-0.4, -0.2) is 30.7 Å². The third kappa shape index (κ3) is 4.20. The van der Waals surface area contributed by atoms with Gasteiger partial charge in [0.15, 0.2) is 0 Å². The summed E-state index contributed by atoms with van der Waals surface area (Å²) in [6.45, 7) is 1.39. The Morgan fingerprint density at radius 3 is 2.15 bits per heavy atom. The van der Waals surface area contributed by atoms with Crippen molar-refractivity contribution in [2.24, 2.45) is 0 Å². The summed E-state index contributed by atoms with van der Waals surface area (Å²) >= 11 is 0. The van der Waals surface area contributed by atoms with Gasteiger partial charge in [-0.25, -0.2) is 8.42 Å². The number of benzene rings is 2. The zero-order valence-corrected chi connectivity index (χ0v) is 15.0. The summed E-state index contributed by atoms with van der Waals surface area (Å²) < 4.78 is 32.3. The lowest BCUT2D eigenvalue weighted by molar-refractivity contribution is -0.384. The van der Waals surface area contributed by atoms with Crippen molar-refractivity contribution in [3.63, 3.8) is 0 Å². The highest BCUT2D eigenvalue weighted by molar-refractivity contribution is 7.89. The monoisotopic (exact) mass is 376 g/mol. The maximum atomic E-state index is 12.6. The number of non-ortho nitro benzene ring substituents is 1. The average Bonchev–Trinajstić information content (AvgIpc) is 2.67. The van der Waals surface area contributed by atoms with Gasteiger partial charge in [0.05, 0.1) is 9.82 Å². The Morgan fingerprint density at radius 1 is 0.962 bits per heavy atom. The number of piperidine rings is 1. The molecular formula is C18H20N2O5S. The molecule has 2 aromatic carbocycles. The Labute approximate surface area is 152 Å². The first-order valence-corrected chi connectivity index (χ1v) is 9.87. The summed E-state index contributed by atoms with van der Waals surface area (Å²) in [5, 5.41) is 10.6. The number of rotatable bonds is 6. The van der Waals surface area contributed by atoms with E-state index in [9.17, 15) is 18.5 Å². The molecule has 0 radical (unpaired) electrons. The van der Waals surface area contributed by atoms with E-state index >= 15 is 0 Å². The lowest BCUT2D eigenvalue weighted by Crippen LogP contribution is -2.35. The summed E-state index contributed by atoms with van der Waals surface area (Å²) in [4.78, 5) is 10.5. The molecule has 8 heteroatoms. The molecule has 1 fully saturated rings. The quantitative estimate of drug-likeness (QED) is 0.570. The van der Waals surface area contributed by atoms with Crippen molar-refractivity contribution in [2.75, 3.05) is 13.1 Å². The molecule has 0 atom stereocenters. The Balaban J connectivity index is 1.63. The molecule has 0 aromatic heterocycles. The standard InChI is InChI=1S/C18H20N2O5S/c21-20(22)16-6-4-15(5-7-16)14-25-17-8-10-18(11-9-17)26(23,24)19-12-2-1-3-13-19/h4-11H,1-3,12-14H2. The number of hydrogen-bond acceptors (Lipinski definition) is 5. The molecule has 0 N–H and O–H groups in total. The van der Waals surface area contributed by atoms with Crippen LogP contribution in [0.2, 0.25) is 0 Å². The predicted octanol–water partition coefficient (Wildman–Crippen LogP) is 3.35. The first kappa shape index (κ1) is 18.3. The van der Waals surface area contributed by atoms with Gasteiger partial charge in [-0.2, -0.15) is 4.31 Å². The molecule has 0 saturated carbocycles. The predicted molar refractivity (Wildman–Crippen MR) is 96.5 cm³/mol. The molecule has 0 bridgehead atoms. The maximum absolute atomic E-state index is 12.6. The van der Waals surface area contributed by atoms with Crippen LogP contribution in [0, 0.1) is 10.1 Å². The second-order valence-corrected chi connectivity index (χ2v) is 8.09. The van der Waals surface area contributed by atoms with Gasteiger partial charge in [-0.3, -0.25) is 10.1 Å². The zero-order chi connectivity index (χ0) is 18.6. The van der Waals surface area contributed by atoms with Crippen LogP contribution in [-0.2, 0) is 16.6 Å². The van der Waals surface area contributed by atoms with E-state index in [4.69, 9.17) is 4.74 Å². The van der Waals surface area contributed by atoms with Crippen LogP contribution < -0.4 is 4.74 Å². The van der Waals surface area contributed by atoms with Crippen LogP contribution in [0.5, 0.6) is 5.75 Å². The van der Waals surface area contributed by atoms with E-state index in [-0.39, 0.29) is 17.2 Å². The number of nitrogens with zero attached hydrogens (tertiary/aromatic N) is 2. The van der Waals surface area contributed by atoms with Crippen LogP contribution >= 0.6 is 0 Å². The van der Waals surface area contributed by atoms with Crippen LogP contribution in [0.4, 0.5) is 5.69 Å². The smallest absolute Gasteiger partial charge is 0.269 e. The van der Waals surface area contributed by atoms with Gasteiger partial charge in [0.1, 0.15) is 12.4 Å². The minimum Gasteiger partial charge on any atom is -0.489 e. The summed E-state index contributed by atoms with van der Waals surface area (Å²) in [7, 11) is -3.44. The van der Waals surface area contributed by atoms with Crippen LogP contribution in [0.15, 0.2) is 53.4 Å². The van der Waals surface area contributed by atoms with E-state index in [1.807, 2.05) is 0 Å². The molecule has 7 nitrogen and oxygen atoms in total. The number of nitro groups is 1. The SMILES string of the molecule is O=[N+]([O-])c1ccc(COc2ccc(S(=O)(=O)N3CCCCC3)cc2)cc1. The Hall–Kier alpha value is -2.45. The molecule has 2 aromatic rings. The molecule has 1 saturated heterocycles. The van der Waals surface area contributed by atoms with E-state index in [0.29, 0.717) is 18.8 Å². The number of sulfonamides is 1. The van der Waals surface area contributed by atoms with E-state index in [1.54, 1.807) is 36.4 Å². The van der Waals surface area contributed by atoms with Crippen molar-refractivity contribution < 1.29 is 18.1 Å². The van der Waals surface area contributed by atoms with Crippen LogP contribution in [0.25, 0.3) is 0 Å². The van der Waals surface area contributed by atoms with Gasteiger partial charge in [0.25, 0.3) is 5.69 Å². The third-order valence-corrected chi connectivity index (χ3v) is 6.24. The minimum atomic E-state index is -3.44. The first-order valence-electron chi connectivity index (χ1n) is 8.43. The molecule has 0 spiro atoms. The highest BCUT2D eigenvalue weighted by Gasteiger charge is 2.25. The van der Waals surface area contributed by atoms with Crippen molar-refractivity contribution in [1.82, 2.24) is 4.31 Å². The van der Waals surface area contributed by atoms with Crippen molar-refractivity contribution >= 4 is 15.7 Å². The highest BCUT2D eigenvalue weighted by Crippen LogP contribution is 2.23. The topological polar surface area (TPSA) is 89.7 Å². The van der Waals surface area contributed by atoms with E-state index in [1.165, 1.54) is 16.4 Å². The van der Waals surface area contributed by atoms with Gasteiger partial charge in [-0.05, 0) is 54.8 Å². The first-order chi connectivity index (χ1) is 12.5. The summed E-state index contributed by atoms with van der Waals surface area (Å²) in [5.41, 5.74) is 0.821. The summed E-state index contributed by atoms with van der Waals surface area (Å²) in [6.07, 6.45) is 2.87. The summed E-state index contributed by atoms with van der Waals surface area (Å²) in [6, 6.07) is 12.5. The third-order valence-electron chi connectivity index (χ3n) is 4.33. The van der Waals surface area contributed by atoms with Crippen molar-refractivity contribution in [2.45, 2.75) is 30.8 Å². The highest BCUT2D eigenvalue weighted by atomic mass is 32.2. The van der Waals surface area contributed by atoms with Gasteiger partial charge >= 0.3 is 0 Å². The van der Waals surface area contributed by atoms with E-state index < -0.39 is 14.9 Å². The fourth-order valence-corrected chi connectivity index (χ4v) is 4.36. The largest absolute Gasteiger partial charge is 0.489 e. The molecule has 1 aliphatic rings. The van der Waals surface area contributed by atoms with Crippen molar-refractivity contribution in [1.29, 1.82) is 0 Å². The van der Waals surface area contributed by atoms with E-state index in [2.05, 4.69) is 0 Å². The molecule has 138 valence electrons. The molecule has 1 aliphatic heterocycles. The summed E-state index contributed by atoms with van der Waals surface area (Å²) in [5.74, 6) is 0.543. The lowest BCUT2D eigenvalue weighted by Gasteiger charge is -2.25. The second-order valence-electron chi connectivity index (χ2n) is 6.15. The fraction of sp³-hybridized carbons (Fsp3) is 0.333. The van der Waals surface area contributed by atoms with Crippen LogP contribution in [0.3, 0.4) is 0 Å². The Kier molecular flexibility index (Phi) is 5.53. The molecule has 0 amide bonds. The lowest BCUT2D eigenvalue weighted by atomic mass is 10.2. The van der Waals surface area contributed by atoms with Crippen molar-refractivity contribution in [3.8, 4) is 5.75 Å². The zero-order valence-electron chi connectivity index (χ0n) is 14.2. The second kappa shape index (κ2) is 7.84. The van der Waals surface area contributed by atoms with Crippen LogP contribution in [0.1, 0.15) is 24.8 Å². The van der Waals surface area contributed by atoms with E-state index in [0.717, 1.165) is 24.8 Å². The van der Waals surface area contributed by atoms with Gasteiger partial charge in [-0.1, -0.05) is 6.42 Å².